The summed E-state index contributed by atoms with van der Waals surface area (Å²) in [6.07, 6.45) is 3.93. The first-order valence-electron chi connectivity index (χ1n) is 3.36. The summed E-state index contributed by atoms with van der Waals surface area (Å²) in [6, 6.07) is 0. The quantitative estimate of drug-likeness (QED) is 0.470. The van der Waals surface area contributed by atoms with Crippen molar-refractivity contribution in [2.45, 2.75) is 19.3 Å². The van der Waals surface area contributed by atoms with Crippen molar-refractivity contribution < 1.29 is 24.0 Å². The Balaban J connectivity index is 0.000000187. The zero-order valence-electron chi connectivity index (χ0n) is 6.14. The molecule has 6 heteroatoms. The molecule has 0 aromatic rings. The van der Waals surface area contributed by atoms with E-state index < -0.39 is 7.82 Å². The zero-order chi connectivity index (χ0) is 8.74. The number of rotatable bonds is 0. The lowest BCUT2D eigenvalue weighted by Gasteiger charge is -2.08. The van der Waals surface area contributed by atoms with Gasteiger partial charge in [-0.3, -0.25) is 0 Å². The zero-order valence-corrected chi connectivity index (χ0v) is 7.04. The highest BCUT2D eigenvalue weighted by Crippen LogP contribution is 2.25. The number of hydrogen-bond donors (Lipinski definition) is 3. The minimum Gasteiger partial charge on any atom is -0.381 e. The van der Waals surface area contributed by atoms with Gasteiger partial charge in [0.05, 0.1) is 0 Å². The molecular weight excluding hydrogens is 171 g/mol. The Kier molecular flexibility index (Phi) is 5.72. The molecule has 0 aliphatic carbocycles. The van der Waals surface area contributed by atoms with Crippen LogP contribution in [0.3, 0.4) is 0 Å². The monoisotopic (exact) mass is 184 g/mol. The second-order valence-corrected chi connectivity index (χ2v) is 3.21. The highest BCUT2D eigenvalue weighted by atomic mass is 31.2. The van der Waals surface area contributed by atoms with Crippen molar-refractivity contribution in [2.24, 2.45) is 0 Å². The molecular formula is C5H13O5P. The third kappa shape index (κ3) is 17.8. The predicted octanol–water partition coefficient (Wildman–Crippen LogP) is 0.258. The van der Waals surface area contributed by atoms with Crippen molar-refractivity contribution >= 4 is 7.82 Å². The van der Waals surface area contributed by atoms with Gasteiger partial charge in [0, 0.05) is 13.2 Å². The van der Waals surface area contributed by atoms with Gasteiger partial charge in [-0.25, -0.2) is 4.57 Å². The van der Waals surface area contributed by atoms with Gasteiger partial charge in [-0.1, -0.05) is 0 Å². The lowest BCUT2D eigenvalue weighted by molar-refractivity contribution is 0.0968. The SMILES string of the molecule is C1CCOCC1.O=P(O)(O)O. The molecule has 0 spiro atoms. The molecule has 0 bridgehead atoms. The van der Waals surface area contributed by atoms with Gasteiger partial charge < -0.3 is 19.4 Å². The molecule has 11 heavy (non-hydrogen) atoms. The van der Waals surface area contributed by atoms with Crippen LogP contribution in [0, 0.1) is 0 Å². The average Bonchev–Trinajstić information content (AvgIpc) is 1.88. The molecule has 1 rings (SSSR count). The summed E-state index contributed by atoms with van der Waals surface area (Å²) in [5.41, 5.74) is 0. The molecule has 1 aliphatic rings. The van der Waals surface area contributed by atoms with E-state index in [0.717, 1.165) is 13.2 Å². The molecule has 1 aliphatic heterocycles. The Hall–Kier alpha value is 0.0700. The van der Waals surface area contributed by atoms with Gasteiger partial charge in [0.1, 0.15) is 0 Å². The van der Waals surface area contributed by atoms with Gasteiger partial charge in [-0.15, -0.1) is 0 Å². The minimum absolute atomic E-state index is 1.00. The van der Waals surface area contributed by atoms with E-state index in [1.807, 2.05) is 0 Å². The van der Waals surface area contributed by atoms with Crippen molar-refractivity contribution in [2.75, 3.05) is 13.2 Å². The summed E-state index contributed by atoms with van der Waals surface area (Å²) in [5.74, 6) is 0. The standard InChI is InChI=1S/C5H10O.H3O4P/c1-2-4-6-5-3-1;1-5(2,3)4/h1-5H2;(H3,1,2,3,4). The fourth-order valence-electron chi connectivity index (χ4n) is 0.687. The van der Waals surface area contributed by atoms with Crippen molar-refractivity contribution in [3.8, 4) is 0 Å². The molecule has 0 saturated carbocycles. The summed E-state index contributed by atoms with van der Waals surface area (Å²) in [6.45, 7) is 2.00. The van der Waals surface area contributed by atoms with Crippen molar-refractivity contribution in [1.82, 2.24) is 0 Å². The van der Waals surface area contributed by atoms with Gasteiger partial charge in [-0.2, -0.15) is 0 Å². The van der Waals surface area contributed by atoms with Gasteiger partial charge in [0.15, 0.2) is 0 Å². The molecule has 0 amide bonds. The topological polar surface area (TPSA) is 87.0 Å². The number of phosphoric acid groups is 1. The smallest absolute Gasteiger partial charge is 0.381 e. The first kappa shape index (κ1) is 11.1. The van der Waals surface area contributed by atoms with Crippen LogP contribution in [0.1, 0.15) is 19.3 Å². The predicted molar refractivity (Wildman–Crippen MR) is 38.9 cm³/mol. The molecule has 3 N–H and O–H groups in total. The molecule has 1 fully saturated rings. The molecule has 0 atom stereocenters. The van der Waals surface area contributed by atoms with Crippen LogP contribution >= 0.6 is 7.82 Å². The molecule has 0 unspecified atom stereocenters. The van der Waals surface area contributed by atoms with Crippen molar-refractivity contribution in [3.05, 3.63) is 0 Å². The summed E-state index contributed by atoms with van der Waals surface area (Å²) in [7, 11) is -4.64. The maximum absolute atomic E-state index is 8.88. The summed E-state index contributed by atoms with van der Waals surface area (Å²) in [4.78, 5) is 21.6. The molecule has 68 valence electrons. The van der Waals surface area contributed by atoms with Crippen LogP contribution in [0.4, 0.5) is 0 Å². The van der Waals surface area contributed by atoms with Crippen LogP contribution in [0.25, 0.3) is 0 Å². The van der Waals surface area contributed by atoms with Gasteiger partial charge in [0.2, 0.25) is 0 Å². The van der Waals surface area contributed by atoms with E-state index >= 15 is 0 Å². The Morgan fingerprint density at radius 2 is 1.36 bits per heavy atom. The van der Waals surface area contributed by atoms with E-state index in [-0.39, 0.29) is 0 Å². The molecule has 5 nitrogen and oxygen atoms in total. The third-order valence-electron chi connectivity index (χ3n) is 1.08. The fraction of sp³-hybridized carbons (Fsp3) is 1.00. The van der Waals surface area contributed by atoms with Gasteiger partial charge in [-0.05, 0) is 19.3 Å². The maximum Gasteiger partial charge on any atom is 0.466 e. The van der Waals surface area contributed by atoms with E-state index in [2.05, 4.69) is 0 Å². The molecule has 0 aromatic carbocycles. The Bertz CT molecular complexity index is 107. The molecule has 1 saturated heterocycles. The van der Waals surface area contributed by atoms with Crippen LogP contribution in [-0.2, 0) is 9.30 Å². The van der Waals surface area contributed by atoms with Crippen LogP contribution in [0.15, 0.2) is 0 Å². The van der Waals surface area contributed by atoms with E-state index in [1.165, 1.54) is 19.3 Å². The lowest BCUT2D eigenvalue weighted by atomic mass is 10.2. The minimum atomic E-state index is -4.64. The molecule has 0 radical (unpaired) electrons. The largest absolute Gasteiger partial charge is 0.466 e. The normalized spacial score (nSPS) is 18.5. The highest BCUT2D eigenvalue weighted by Gasteiger charge is 2.00. The van der Waals surface area contributed by atoms with E-state index in [4.69, 9.17) is 24.0 Å². The summed E-state index contributed by atoms with van der Waals surface area (Å²) in [5, 5.41) is 0. The van der Waals surface area contributed by atoms with Crippen molar-refractivity contribution in [3.63, 3.8) is 0 Å². The lowest BCUT2D eigenvalue weighted by Crippen LogP contribution is -2.03. The van der Waals surface area contributed by atoms with Crippen LogP contribution in [0.2, 0.25) is 0 Å². The van der Waals surface area contributed by atoms with E-state index in [1.54, 1.807) is 0 Å². The fourth-order valence-corrected chi connectivity index (χ4v) is 0.687. The Morgan fingerprint density at radius 3 is 1.45 bits per heavy atom. The van der Waals surface area contributed by atoms with E-state index in [9.17, 15) is 0 Å². The summed E-state index contributed by atoms with van der Waals surface area (Å²) < 4.78 is 14.0. The Morgan fingerprint density at radius 1 is 1.00 bits per heavy atom. The number of hydrogen-bond acceptors (Lipinski definition) is 2. The van der Waals surface area contributed by atoms with Gasteiger partial charge in [0.25, 0.3) is 0 Å². The summed E-state index contributed by atoms with van der Waals surface area (Å²) >= 11 is 0. The maximum atomic E-state index is 8.88. The second kappa shape index (κ2) is 5.69. The van der Waals surface area contributed by atoms with Crippen LogP contribution < -0.4 is 0 Å². The second-order valence-electron chi connectivity index (χ2n) is 2.19. The highest BCUT2D eigenvalue weighted by molar-refractivity contribution is 7.45. The Labute approximate surface area is 65.2 Å². The first-order chi connectivity index (χ1) is 5.00. The third-order valence-corrected chi connectivity index (χ3v) is 1.08. The van der Waals surface area contributed by atoms with Gasteiger partial charge >= 0.3 is 7.82 Å². The number of ether oxygens (including phenoxy) is 1. The molecule has 0 aromatic heterocycles. The molecule has 1 heterocycles. The first-order valence-corrected chi connectivity index (χ1v) is 4.93. The van der Waals surface area contributed by atoms with E-state index in [0.29, 0.717) is 0 Å². The van der Waals surface area contributed by atoms with Crippen LogP contribution in [0.5, 0.6) is 0 Å². The average molecular weight is 184 g/mol. The van der Waals surface area contributed by atoms with Crippen LogP contribution in [-0.4, -0.2) is 27.9 Å². The van der Waals surface area contributed by atoms with Crippen molar-refractivity contribution in [1.29, 1.82) is 0 Å².